The van der Waals surface area contributed by atoms with E-state index < -0.39 is 50.1 Å². The molecule has 0 aromatic heterocycles. The van der Waals surface area contributed by atoms with E-state index in [0.717, 1.165) is 9.80 Å². The van der Waals surface area contributed by atoms with Crippen molar-refractivity contribution in [3.8, 4) is 0 Å². The molecule has 10 nitrogen and oxygen atoms in total. The monoisotopic (exact) mass is 393 g/mol. The summed E-state index contributed by atoms with van der Waals surface area (Å²) in [4.78, 5) is 43.4. The van der Waals surface area contributed by atoms with Crippen LogP contribution in [0.15, 0.2) is 0 Å². The first kappa shape index (κ1) is 31.1. The fraction of sp³-hybridized carbons (Fsp3) is 0.600. The maximum Gasteiger partial charge on any atom is 2.00 e. The van der Waals surface area contributed by atoms with Crippen molar-refractivity contribution in [1.82, 2.24) is 9.80 Å². The minimum atomic E-state index is -1.53. The van der Waals surface area contributed by atoms with Crippen molar-refractivity contribution in [1.29, 1.82) is 0 Å². The van der Waals surface area contributed by atoms with Gasteiger partial charge in [0.25, 0.3) is 0 Å². The molecule has 0 rings (SSSR count). The second-order valence-electron chi connectivity index (χ2n) is 3.91. The molecule has 13 heteroatoms. The van der Waals surface area contributed by atoms with E-state index in [-0.39, 0.29) is 89.0 Å². The summed E-state index contributed by atoms with van der Waals surface area (Å²) in [5, 5.41) is 41.6. The first-order chi connectivity index (χ1) is 9.20. The summed E-state index contributed by atoms with van der Waals surface area (Å²) in [5.74, 6) is -6.12. The summed E-state index contributed by atoms with van der Waals surface area (Å²) < 4.78 is 0. The third-order valence-corrected chi connectivity index (χ3v) is 2.14. The molecule has 0 heterocycles. The van der Waals surface area contributed by atoms with Crippen LogP contribution in [0.2, 0.25) is 0 Å². The first-order valence-electron chi connectivity index (χ1n) is 5.44. The van der Waals surface area contributed by atoms with Gasteiger partial charge in [-0.25, -0.2) is 0 Å². The van der Waals surface area contributed by atoms with E-state index in [4.69, 9.17) is 0 Å². The quantitative estimate of drug-likeness (QED) is 0.308. The molecule has 0 aromatic rings. The van der Waals surface area contributed by atoms with E-state index in [1.165, 1.54) is 0 Å². The van der Waals surface area contributed by atoms with Gasteiger partial charge in [-0.05, 0) is 0 Å². The van der Waals surface area contributed by atoms with E-state index >= 15 is 0 Å². The van der Waals surface area contributed by atoms with E-state index in [9.17, 15) is 39.6 Å². The predicted octanol–water partition coefficient (Wildman–Crippen LogP) is -13.4. The van der Waals surface area contributed by atoms with Crippen LogP contribution in [-0.2, 0) is 36.0 Å². The molecule has 121 valence electrons. The summed E-state index contributed by atoms with van der Waals surface area (Å²) in [6, 6.07) is 0. The average molecular weight is 393 g/mol. The van der Waals surface area contributed by atoms with Gasteiger partial charge in [-0.1, -0.05) is 0 Å². The van der Waals surface area contributed by atoms with Crippen molar-refractivity contribution in [2.75, 3.05) is 39.3 Å². The Morgan fingerprint density at radius 2 is 0.739 bits per heavy atom. The number of carbonyl (C=O) groups is 4. The Labute approximate surface area is 187 Å². The van der Waals surface area contributed by atoms with E-state index in [1.54, 1.807) is 0 Å². The minimum absolute atomic E-state index is 0. The SMILES string of the molecule is O=C([O-])CN(CCN(CC(=O)[O-])CC(=O)[O-])CC(=O)[O-].[Co+2].[Na+].[Na+]. The maximum atomic E-state index is 10.4. The number of carbonyl (C=O) groups excluding carboxylic acids is 4. The molecule has 0 spiro atoms. The van der Waals surface area contributed by atoms with Crippen LogP contribution in [0.3, 0.4) is 0 Å². The van der Waals surface area contributed by atoms with Crippen LogP contribution in [0.4, 0.5) is 0 Å². The zero-order chi connectivity index (χ0) is 15.7. The van der Waals surface area contributed by atoms with E-state index in [1.807, 2.05) is 0 Å². The molecule has 0 saturated heterocycles. The molecule has 0 aliphatic carbocycles. The first-order valence-corrected chi connectivity index (χ1v) is 5.44. The van der Waals surface area contributed by atoms with Crippen molar-refractivity contribution >= 4 is 23.9 Å². The smallest absolute Gasteiger partial charge is 0.549 e. The molecular weight excluding hydrogens is 381 g/mol. The van der Waals surface area contributed by atoms with Gasteiger partial charge >= 0.3 is 75.9 Å². The van der Waals surface area contributed by atoms with Gasteiger partial charge in [-0.2, -0.15) is 0 Å². The van der Waals surface area contributed by atoms with Gasteiger partial charge < -0.3 is 39.6 Å². The van der Waals surface area contributed by atoms with Gasteiger partial charge in [-0.3, -0.25) is 9.80 Å². The molecule has 1 radical (unpaired) electrons. The van der Waals surface area contributed by atoms with Gasteiger partial charge in [0.05, 0.1) is 23.9 Å². The number of aliphatic carboxylic acids is 4. The van der Waals surface area contributed by atoms with Crippen LogP contribution >= 0.6 is 0 Å². The molecule has 0 amide bonds. The molecule has 0 aliphatic rings. The third kappa shape index (κ3) is 20.3. The van der Waals surface area contributed by atoms with Gasteiger partial charge in [0.15, 0.2) is 0 Å². The zero-order valence-corrected chi connectivity index (χ0v) is 17.8. The van der Waals surface area contributed by atoms with Crippen LogP contribution in [0.5, 0.6) is 0 Å². The molecule has 0 atom stereocenters. The molecule has 0 saturated carbocycles. The van der Waals surface area contributed by atoms with Crippen LogP contribution in [0.25, 0.3) is 0 Å². The normalized spacial score (nSPS) is 9.30. The Morgan fingerprint density at radius 3 is 0.870 bits per heavy atom. The van der Waals surface area contributed by atoms with Crippen molar-refractivity contribution in [3.63, 3.8) is 0 Å². The predicted molar refractivity (Wildman–Crippen MR) is 52.9 cm³/mol. The Balaban J connectivity index is -0.000000602. The molecule has 0 fully saturated rings. The number of hydrogen-bond acceptors (Lipinski definition) is 10. The van der Waals surface area contributed by atoms with Crippen LogP contribution in [-0.4, -0.2) is 72.9 Å². The van der Waals surface area contributed by atoms with E-state index in [2.05, 4.69) is 0 Å². The molecule has 0 unspecified atom stereocenters. The van der Waals surface area contributed by atoms with Crippen LogP contribution in [0.1, 0.15) is 0 Å². The maximum absolute atomic E-state index is 10.4. The van der Waals surface area contributed by atoms with E-state index in [0.29, 0.717) is 0 Å². The fourth-order valence-electron chi connectivity index (χ4n) is 1.44. The van der Waals surface area contributed by atoms with Gasteiger partial charge in [-0.15, -0.1) is 0 Å². The van der Waals surface area contributed by atoms with Crippen molar-refractivity contribution in [3.05, 3.63) is 0 Å². The topological polar surface area (TPSA) is 167 Å². The minimum Gasteiger partial charge on any atom is -0.549 e. The van der Waals surface area contributed by atoms with Crippen molar-refractivity contribution in [2.24, 2.45) is 0 Å². The average Bonchev–Trinajstić information content (AvgIpc) is 2.22. The summed E-state index contributed by atoms with van der Waals surface area (Å²) in [7, 11) is 0. The number of carboxylic acid groups (broad SMARTS) is 4. The molecule has 0 aliphatic heterocycles. The van der Waals surface area contributed by atoms with Crippen molar-refractivity contribution < 1.29 is 115 Å². The Bertz CT molecular complexity index is 331. The molecule has 23 heavy (non-hydrogen) atoms. The summed E-state index contributed by atoms with van der Waals surface area (Å²) in [6.07, 6.45) is 0. The Morgan fingerprint density at radius 1 is 0.565 bits per heavy atom. The van der Waals surface area contributed by atoms with Gasteiger partial charge in [0.2, 0.25) is 0 Å². The summed E-state index contributed by atoms with van der Waals surface area (Å²) in [6.45, 7) is -3.25. The molecule has 0 N–H and O–H groups in total. The van der Waals surface area contributed by atoms with Crippen molar-refractivity contribution in [2.45, 2.75) is 0 Å². The third-order valence-electron chi connectivity index (χ3n) is 2.14. The van der Waals surface area contributed by atoms with Gasteiger partial charge in [0.1, 0.15) is 0 Å². The van der Waals surface area contributed by atoms with Crippen LogP contribution < -0.4 is 79.5 Å². The Hall–Kier alpha value is 0.306. The number of carboxylic acids is 4. The van der Waals surface area contributed by atoms with Crippen LogP contribution in [0, 0.1) is 0 Å². The second kappa shape index (κ2) is 17.1. The van der Waals surface area contributed by atoms with Gasteiger partial charge in [0, 0.05) is 39.3 Å². The Kier molecular flexibility index (Phi) is 23.2. The summed E-state index contributed by atoms with van der Waals surface area (Å²) in [5.41, 5.74) is 0. The molecule has 0 bridgehead atoms. The largest absolute Gasteiger partial charge is 2.00 e. The molecular formula is C10H12CoN2Na2O8. The molecule has 0 aromatic carbocycles. The number of hydrogen-bond donors (Lipinski definition) is 0. The summed E-state index contributed by atoms with van der Waals surface area (Å²) >= 11 is 0. The standard InChI is InChI=1S/C10H16N2O8.Co.2Na/c13-7(14)3-11(4-8(15)16)1-2-12(5-9(17)18)6-10(19)20;;;/h1-6H2,(H,13,14)(H,15,16)(H,17,18)(H,19,20);;;/q;+2;2*+1/p-4. The number of nitrogens with zero attached hydrogens (tertiary/aromatic N) is 2. The number of rotatable bonds is 11. The second-order valence-corrected chi connectivity index (χ2v) is 3.91. The zero-order valence-electron chi connectivity index (χ0n) is 12.7. The fourth-order valence-corrected chi connectivity index (χ4v) is 1.44.